The largest absolute Gasteiger partial charge is 0.673 e. The molecule has 4 rings (SSSR count). The van der Waals surface area contributed by atoms with E-state index in [1.165, 1.54) is 0 Å². The Morgan fingerprint density at radius 3 is 1.68 bits per heavy atom. The van der Waals surface area contributed by atoms with Crippen molar-refractivity contribution in [3.8, 4) is 39.5 Å². The second-order valence-corrected chi connectivity index (χ2v) is 6.50. The molecule has 1 aromatic heterocycles. The molecular weight excluding hydrogens is 407 g/mol. The topological polar surface area (TPSA) is 20.5 Å². The fourth-order valence-electron chi connectivity index (χ4n) is 3.02. The smallest absolute Gasteiger partial charge is 0.496 e. The minimum atomic E-state index is -6.00. The van der Waals surface area contributed by atoms with E-state index in [2.05, 4.69) is 36.4 Å². The molecule has 0 unspecified atom stereocenters. The normalized spacial score (nSPS) is 10.7. The van der Waals surface area contributed by atoms with Crippen molar-refractivity contribution in [2.75, 3.05) is 7.11 Å². The van der Waals surface area contributed by atoms with Gasteiger partial charge in [-0.15, -0.1) is 0 Å². The predicted molar refractivity (Wildman–Crippen MR) is 116 cm³/mol. The van der Waals surface area contributed by atoms with Crippen LogP contribution in [0, 0.1) is 0 Å². The van der Waals surface area contributed by atoms with E-state index in [-0.39, 0.29) is 0 Å². The molecule has 0 atom stereocenters. The first-order valence-corrected chi connectivity index (χ1v) is 9.45. The Hall–Kier alpha value is -3.61. The van der Waals surface area contributed by atoms with Crippen LogP contribution in [0.15, 0.2) is 101 Å². The average molecular weight is 426 g/mol. The van der Waals surface area contributed by atoms with E-state index in [9.17, 15) is 17.3 Å². The van der Waals surface area contributed by atoms with Crippen LogP contribution in [0.4, 0.5) is 17.3 Å². The second-order valence-electron chi connectivity index (χ2n) is 6.50. The summed E-state index contributed by atoms with van der Waals surface area (Å²) in [4.78, 5) is 0. The Labute approximate surface area is 177 Å². The lowest BCUT2D eigenvalue weighted by Crippen LogP contribution is -2.02. The Morgan fingerprint density at radius 2 is 1.10 bits per heavy atom. The van der Waals surface area contributed by atoms with Crippen LogP contribution < -0.4 is 4.74 Å². The molecular formula is C24H19BF4O2. The molecule has 3 aromatic carbocycles. The second kappa shape index (κ2) is 9.93. The number of halogens is 4. The van der Waals surface area contributed by atoms with Gasteiger partial charge in [-0.25, -0.2) is 4.42 Å². The molecule has 0 N–H and O–H groups in total. The van der Waals surface area contributed by atoms with Crippen LogP contribution in [0.3, 0.4) is 0 Å². The van der Waals surface area contributed by atoms with Crippen LogP contribution in [0.1, 0.15) is 0 Å². The van der Waals surface area contributed by atoms with E-state index in [0.29, 0.717) is 0 Å². The van der Waals surface area contributed by atoms with Gasteiger partial charge < -0.3 is 22.0 Å². The average Bonchev–Trinajstić information content (AvgIpc) is 2.79. The van der Waals surface area contributed by atoms with E-state index in [1.807, 2.05) is 60.7 Å². The predicted octanol–water partition coefficient (Wildman–Crippen LogP) is 7.87. The Kier molecular flexibility index (Phi) is 7.08. The molecule has 0 amide bonds. The lowest BCUT2D eigenvalue weighted by Gasteiger charge is -2.05. The van der Waals surface area contributed by atoms with Crippen molar-refractivity contribution in [1.82, 2.24) is 0 Å². The van der Waals surface area contributed by atoms with Crippen LogP contribution >= 0.6 is 0 Å². The maximum atomic E-state index is 9.75. The van der Waals surface area contributed by atoms with Crippen molar-refractivity contribution in [1.29, 1.82) is 0 Å². The molecule has 0 radical (unpaired) electrons. The molecule has 0 aliphatic rings. The van der Waals surface area contributed by atoms with Crippen molar-refractivity contribution >= 4 is 7.25 Å². The number of methoxy groups -OCH3 is 1. The molecule has 1 heterocycles. The molecule has 4 aromatic rings. The fraction of sp³-hybridized carbons (Fsp3) is 0.0417. The van der Waals surface area contributed by atoms with E-state index < -0.39 is 7.25 Å². The van der Waals surface area contributed by atoms with Gasteiger partial charge in [0.1, 0.15) is 11.3 Å². The van der Waals surface area contributed by atoms with Crippen LogP contribution in [-0.4, -0.2) is 14.4 Å². The molecule has 2 nitrogen and oxygen atoms in total. The molecule has 0 aliphatic heterocycles. The van der Waals surface area contributed by atoms with Crippen LogP contribution in [0.5, 0.6) is 5.75 Å². The Balaban J connectivity index is 0.000000491. The zero-order valence-corrected chi connectivity index (χ0v) is 16.6. The first-order chi connectivity index (χ1) is 14.8. The van der Waals surface area contributed by atoms with Gasteiger partial charge in [0.25, 0.3) is 0 Å². The summed E-state index contributed by atoms with van der Waals surface area (Å²) in [6.07, 6.45) is 0. The van der Waals surface area contributed by atoms with Crippen molar-refractivity contribution in [3.05, 3.63) is 97.1 Å². The van der Waals surface area contributed by atoms with Crippen molar-refractivity contribution in [2.45, 2.75) is 0 Å². The summed E-state index contributed by atoms with van der Waals surface area (Å²) in [6.45, 7) is 0. The maximum absolute atomic E-state index is 9.75. The number of benzene rings is 3. The molecule has 31 heavy (non-hydrogen) atoms. The maximum Gasteiger partial charge on any atom is 0.673 e. The lowest BCUT2D eigenvalue weighted by molar-refractivity contribution is 0.368. The first kappa shape index (κ1) is 22.1. The Morgan fingerprint density at radius 1 is 0.613 bits per heavy atom. The van der Waals surface area contributed by atoms with Gasteiger partial charge in [-0.2, -0.15) is 0 Å². The number of hydrogen-bond acceptors (Lipinski definition) is 1. The van der Waals surface area contributed by atoms with E-state index >= 15 is 0 Å². The van der Waals surface area contributed by atoms with E-state index in [1.54, 1.807) is 7.11 Å². The number of rotatable bonds is 4. The van der Waals surface area contributed by atoms with Crippen molar-refractivity contribution < 1.29 is 26.4 Å². The molecule has 0 bridgehead atoms. The standard InChI is InChI=1S/C24H19O2.BF4/c1-25-22-15-9-8-14-21(22)24-17-20(18-10-4-2-5-11-18)16-23(26-24)19-12-6-3-7-13-19;2-1(3,4)5/h2-17H,1H3;/q+1;-1. The van der Waals surface area contributed by atoms with Crippen LogP contribution in [0.25, 0.3) is 33.8 Å². The highest BCUT2D eigenvalue weighted by atomic mass is 19.5. The Bertz CT molecular complexity index is 1050. The molecule has 158 valence electrons. The van der Waals surface area contributed by atoms with E-state index in [0.717, 1.165) is 39.5 Å². The molecule has 0 fully saturated rings. The molecule has 7 heteroatoms. The summed E-state index contributed by atoms with van der Waals surface area (Å²) < 4.78 is 50.8. The van der Waals surface area contributed by atoms with Crippen molar-refractivity contribution in [2.24, 2.45) is 0 Å². The van der Waals surface area contributed by atoms with Gasteiger partial charge in [-0.3, -0.25) is 0 Å². The van der Waals surface area contributed by atoms with Gasteiger partial charge in [0.2, 0.25) is 0 Å². The van der Waals surface area contributed by atoms with Crippen LogP contribution in [0.2, 0.25) is 0 Å². The monoisotopic (exact) mass is 426 g/mol. The highest BCUT2D eigenvalue weighted by Crippen LogP contribution is 2.36. The number of hydrogen-bond donors (Lipinski definition) is 0. The van der Waals surface area contributed by atoms with Crippen molar-refractivity contribution in [3.63, 3.8) is 0 Å². The van der Waals surface area contributed by atoms with Gasteiger partial charge in [0, 0.05) is 5.56 Å². The highest BCUT2D eigenvalue weighted by Gasteiger charge is 2.23. The molecule has 0 saturated heterocycles. The lowest BCUT2D eigenvalue weighted by atomic mass is 10.0. The van der Waals surface area contributed by atoms with Gasteiger partial charge in [0.15, 0.2) is 0 Å². The third kappa shape index (κ3) is 6.44. The summed E-state index contributed by atoms with van der Waals surface area (Å²) in [5, 5.41) is 0. The summed E-state index contributed by atoms with van der Waals surface area (Å²) in [6, 6.07) is 32.5. The summed E-state index contributed by atoms with van der Waals surface area (Å²) in [5.41, 5.74) is 4.24. The quantitative estimate of drug-likeness (QED) is 0.188. The van der Waals surface area contributed by atoms with E-state index in [4.69, 9.17) is 9.15 Å². The zero-order chi connectivity index (χ0) is 22.3. The fourth-order valence-corrected chi connectivity index (χ4v) is 3.02. The number of ether oxygens (including phenoxy) is 1. The third-order valence-electron chi connectivity index (χ3n) is 4.33. The van der Waals surface area contributed by atoms with Gasteiger partial charge in [-0.05, 0) is 29.8 Å². The zero-order valence-electron chi connectivity index (χ0n) is 16.6. The van der Waals surface area contributed by atoms with Gasteiger partial charge in [-0.1, -0.05) is 60.7 Å². The molecule has 0 spiro atoms. The summed E-state index contributed by atoms with van der Waals surface area (Å²) in [5.74, 6) is 2.40. The van der Waals surface area contributed by atoms with Gasteiger partial charge >= 0.3 is 18.8 Å². The number of para-hydroxylation sites is 1. The SMILES string of the molecule is COc1ccccc1-c1cc(-c2ccccc2)cc(-c2ccccc2)[o+]1.F[B-](F)(F)F. The van der Waals surface area contributed by atoms with Gasteiger partial charge in [0.05, 0.1) is 24.8 Å². The summed E-state index contributed by atoms with van der Waals surface area (Å²) in [7, 11) is -4.32. The third-order valence-corrected chi connectivity index (χ3v) is 4.33. The van der Waals surface area contributed by atoms with Crippen LogP contribution in [-0.2, 0) is 0 Å². The molecule has 0 saturated carbocycles. The minimum Gasteiger partial charge on any atom is -0.496 e. The molecule has 0 aliphatic carbocycles. The highest BCUT2D eigenvalue weighted by molar-refractivity contribution is 6.50. The summed E-state index contributed by atoms with van der Waals surface area (Å²) >= 11 is 0. The first-order valence-electron chi connectivity index (χ1n) is 9.45. The minimum absolute atomic E-state index is 0.780.